The highest BCUT2D eigenvalue weighted by atomic mass is 16.3. The lowest BCUT2D eigenvalue weighted by Crippen LogP contribution is -2.18. The van der Waals surface area contributed by atoms with Crippen LogP contribution in [0.25, 0.3) is 11.2 Å². The van der Waals surface area contributed by atoms with Gasteiger partial charge in [0.2, 0.25) is 0 Å². The molecule has 1 aliphatic carbocycles. The summed E-state index contributed by atoms with van der Waals surface area (Å²) < 4.78 is 1.89. The second kappa shape index (κ2) is 4.38. The van der Waals surface area contributed by atoms with E-state index in [0.29, 0.717) is 11.2 Å². The van der Waals surface area contributed by atoms with Crippen molar-refractivity contribution in [3.63, 3.8) is 0 Å². The number of rotatable bonds is 2. The summed E-state index contributed by atoms with van der Waals surface area (Å²) in [4.78, 5) is 22.4. The average Bonchev–Trinajstić information content (AvgIpc) is 2.84. The SMILES string of the molecule is O=c1[nH]cnc2c1ncn2C1C=CCC(CO)C1. The van der Waals surface area contributed by atoms with Crippen molar-refractivity contribution in [3.8, 4) is 0 Å². The van der Waals surface area contributed by atoms with E-state index < -0.39 is 0 Å². The van der Waals surface area contributed by atoms with Gasteiger partial charge in [-0.2, -0.15) is 0 Å². The largest absolute Gasteiger partial charge is 0.396 e. The molecule has 2 aromatic rings. The minimum absolute atomic E-state index is 0.107. The molecule has 3 rings (SSSR count). The van der Waals surface area contributed by atoms with Crippen LogP contribution in [0.15, 0.2) is 29.6 Å². The van der Waals surface area contributed by atoms with E-state index in [1.54, 1.807) is 6.33 Å². The highest BCUT2D eigenvalue weighted by Gasteiger charge is 2.21. The molecule has 2 heterocycles. The molecule has 2 unspecified atom stereocenters. The highest BCUT2D eigenvalue weighted by Crippen LogP contribution is 2.28. The number of nitrogens with zero attached hydrogens (tertiary/aromatic N) is 3. The number of imidazole rings is 1. The minimum Gasteiger partial charge on any atom is -0.396 e. The van der Waals surface area contributed by atoms with E-state index in [4.69, 9.17) is 0 Å². The van der Waals surface area contributed by atoms with E-state index in [-0.39, 0.29) is 24.1 Å². The van der Waals surface area contributed by atoms with Gasteiger partial charge in [0.25, 0.3) is 5.56 Å². The van der Waals surface area contributed by atoms with E-state index in [9.17, 15) is 9.90 Å². The summed E-state index contributed by atoms with van der Waals surface area (Å²) in [7, 11) is 0. The third-order valence-electron chi connectivity index (χ3n) is 3.38. The molecular weight excluding hydrogens is 232 g/mol. The molecule has 0 aromatic carbocycles. The van der Waals surface area contributed by atoms with Crippen LogP contribution in [0.5, 0.6) is 0 Å². The summed E-state index contributed by atoms with van der Waals surface area (Å²) >= 11 is 0. The van der Waals surface area contributed by atoms with Gasteiger partial charge in [-0.15, -0.1) is 0 Å². The van der Waals surface area contributed by atoms with Gasteiger partial charge >= 0.3 is 0 Å². The number of hydrogen-bond acceptors (Lipinski definition) is 4. The number of fused-ring (bicyclic) bond motifs is 1. The number of aromatic amines is 1. The quantitative estimate of drug-likeness (QED) is 0.761. The van der Waals surface area contributed by atoms with Crippen molar-refractivity contribution in [2.45, 2.75) is 18.9 Å². The van der Waals surface area contributed by atoms with E-state index in [1.807, 2.05) is 4.57 Å². The number of allylic oxidation sites excluding steroid dienone is 2. The Balaban J connectivity index is 2.05. The lowest BCUT2D eigenvalue weighted by atomic mass is 9.91. The van der Waals surface area contributed by atoms with Crippen LogP contribution in [-0.4, -0.2) is 31.2 Å². The summed E-state index contributed by atoms with van der Waals surface area (Å²) in [6, 6.07) is 0.107. The van der Waals surface area contributed by atoms with Gasteiger partial charge in [-0.3, -0.25) is 4.79 Å². The van der Waals surface area contributed by atoms with Crippen molar-refractivity contribution in [1.82, 2.24) is 19.5 Å². The molecule has 0 bridgehead atoms. The third kappa shape index (κ3) is 1.74. The molecule has 94 valence electrons. The Labute approximate surface area is 103 Å². The second-order valence-corrected chi connectivity index (χ2v) is 4.57. The first-order valence-electron chi connectivity index (χ1n) is 5.97. The lowest BCUT2D eigenvalue weighted by molar-refractivity contribution is 0.204. The van der Waals surface area contributed by atoms with Crippen LogP contribution in [0.2, 0.25) is 0 Å². The Hall–Kier alpha value is -1.95. The van der Waals surface area contributed by atoms with Gasteiger partial charge in [0, 0.05) is 6.61 Å². The molecule has 0 radical (unpaired) electrons. The van der Waals surface area contributed by atoms with Crippen LogP contribution in [-0.2, 0) is 0 Å². The van der Waals surface area contributed by atoms with Gasteiger partial charge < -0.3 is 14.7 Å². The monoisotopic (exact) mass is 246 g/mol. The predicted molar refractivity (Wildman–Crippen MR) is 66.1 cm³/mol. The predicted octanol–water partition coefficient (Wildman–Crippen LogP) is 0.619. The first kappa shape index (κ1) is 11.2. The number of nitrogens with one attached hydrogen (secondary N) is 1. The molecule has 0 spiro atoms. The van der Waals surface area contributed by atoms with Crippen LogP contribution in [0.1, 0.15) is 18.9 Å². The standard InChI is InChI=1S/C12H14N4O2/c17-5-8-2-1-3-9(4-8)16-7-15-10-11(16)13-6-14-12(10)18/h1,3,6-9,17H,2,4-5H2,(H,13,14,18). The normalized spacial score (nSPS) is 23.6. The Kier molecular flexibility index (Phi) is 2.71. The van der Waals surface area contributed by atoms with Crippen LogP contribution in [0.3, 0.4) is 0 Å². The fraction of sp³-hybridized carbons (Fsp3) is 0.417. The second-order valence-electron chi connectivity index (χ2n) is 4.57. The number of hydrogen-bond donors (Lipinski definition) is 2. The maximum absolute atomic E-state index is 11.6. The molecule has 0 fully saturated rings. The van der Waals surface area contributed by atoms with Crippen LogP contribution in [0, 0.1) is 5.92 Å². The van der Waals surface area contributed by atoms with Crippen molar-refractivity contribution in [2.75, 3.05) is 6.61 Å². The summed E-state index contributed by atoms with van der Waals surface area (Å²) in [5, 5.41) is 9.23. The summed E-state index contributed by atoms with van der Waals surface area (Å²) in [6.07, 6.45) is 8.91. The van der Waals surface area contributed by atoms with E-state index in [2.05, 4.69) is 27.1 Å². The van der Waals surface area contributed by atoms with Crippen molar-refractivity contribution in [3.05, 3.63) is 35.2 Å². The van der Waals surface area contributed by atoms with Gasteiger partial charge in [0.15, 0.2) is 11.2 Å². The van der Waals surface area contributed by atoms with Crippen molar-refractivity contribution in [2.24, 2.45) is 5.92 Å². The van der Waals surface area contributed by atoms with E-state index >= 15 is 0 Å². The lowest BCUT2D eigenvalue weighted by Gasteiger charge is -2.24. The van der Waals surface area contributed by atoms with Gasteiger partial charge in [-0.05, 0) is 18.8 Å². The van der Waals surface area contributed by atoms with Crippen LogP contribution >= 0.6 is 0 Å². The number of aliphatic hydroxyl groups excluding tert-OH is 1. The molecule has 1 aliphatic rings. The maximum Gasteiger partial charge on any atom is 0.278 e. The molecule has 6 heteroatoms. The molecule has 0 amide bonds. The zero-order valence-corrected chi connectivity index (χ0v) is 9.78. The summed E-state index contributed by atoms with van der Waals surface area (Å²) in [5.74, 6) is 0.263. The Morgan fingerprint density at radius 3 is 3.22 bits per heavy atom. The first-order chi connectivity index (χ1) is 8.79. The molecule has 0 saturated carbocycles. The van der Waals surface area contributed by atoms with Gasteiger partial charge in [-0.1, -0.05) is 12.2 Å². The van der Waals surface area contributed by atoms with Crippen molar-refractivity contribution >= 4 is 11.2 Å². The molecular formula is C12H14N4O2. The third-order valence-corrected chi connectivity index (χ3v) is 3.38. The Morgan fingerprint density at radius 2 is 2.39 bits per heavy atom. The van der Waals surface area contributed by atoms with Gasteiger partial charge in [0.05, 0.1) is 18.7 Å². The highest BCUT2D eigenvalue weighted by molar-refractivity contribution is 5.69. The number of aromatic nitrogens is 4. The van der Waals surface area contributed by atoms with E-state index in [0.717, 1.165) is 12.8 Å². The zero-order chi connectivity index (χ0) is 12.5. The molecule has 6 nitrogen and oxygen atoms in total. The molecule has 2 aromatic heterocycles. The van der Waals surface area contributed by atoms with Crippen molar-refractivity contribution in [1.29, 1.82) is 0 Å². The van der Waals surface area contributed by atoms with Crippen LogP contribution < -0.4 is 5.56 Å². The topological polar surface area (TPSA) is 83.8 Å². The number of H-pyrrole nitrogens is 1. The Bertz CT molecular complexity index is 643. The smallest absolute Gasteiger partial charge is 0.278 e. The number of aliphatic hydroxyl groups is 1. The van der Waals surface area contributed by atoms with Crippen molar-refractivity contribution < 1.29 is 5.11 Å². The maximum atomic E-state index is 11.6. The Morgan fingerprint density at radius 1 is 1.50 bits per heavy atom. The summed E-state index contributed by atoms with van der Waals surface area (Å²) in [6.45, 7) is 0.182. The van der Waals surface area contributed by atoms with Gasteiger partial charge in [0.1, 0.15) is 0 Å². The first-order valence-corrected chi connectivity index (χ1v) is 5.97. The molecule has 0 saturated heterocycles. The minimum atomic E-state index is -0.225. The van der Waals surface area contributed by atoms with Gasteiger partial charge in [-0.25, -0.2) is 9.97 Å². The fourth-order valence-corrected chi connectivity index (χ4v) is 2.41. The zero-order valence-electron chi connectivity index (χ0n) is 9.78. The molecule has 0 aliphatic heterocycles. The summed E-state index contributed by atoms with van der Waals surface area (Å²) in [5.41, 5.74) is 0.723. The van der Waals surface area contributed by atoms with E-state index in [1.165, 1.54) is 6.33 Å². The fourth-order valence-electron chi connectivity index (χ4n) is 2.41. The average molecular weight is 246 g/mol. The molecule has 2 N–H and O–H groups in total. The van der Waals surface area contributed by atoms with Crippen LogP contribution in [0.4, 0.5) is 0 Å². The molecule has 18 heavy (non-hydrogen) atoms. The molecule has 2 atom stereocenters.